The first kappa shape index (κ1) is 21.8. The SMILES string of the molecule is CC1CC2C(CN1)CC(C1CC(NC(=O)NC3CC(C)NO3)CCC1C)C(=O)N2C. The van der Waals surface area contributed by atoms with Gasteiger partial charge in [0.2, 0.25) is 5.91 Å². The molecule has 4 N–H and O–H groups in total. The molecule has 8 nitrogen and oxygen atoms in total. The van der Waals surface area contributed by atoms with Crippen molar-refractivity contribution in [2.75, 3.05) is 13.6 Å². The minimum absolute atomic E-state index is 0.0670. The molecule has 0 bridgehead atoms. The van der Waals surface area contributed by atoms with Gasteiger partial charge in [-0.1, -0.05) is 6.92 Å². The predicted octanol–water partition coefficient (Wildman–Crippen LogP) is 1.57. The van der Waals surface area contributed by atoms with E-state index in [4.69, 9.17) is 4.84 Å². The van der Waals surface area contributed by atoms with Crippen LogP contribution >= 0.6 is 0 Å². The number of nitrogens with zero attached hydrogens (tertiary/aromatic N) is 1. The van der Waals surface area contributed by atoms with Crippen molar-refractivity contribution in [3.63, 3.8) is 0 Å². The number of urea groups is 1. The summed E-state index contributed by atoms with van der Waals surface area (Å²) < 4.78 is 0. The van der Waals surface area contributed by atoms with Gasteiger partial charge >= 0.3 is 6.03 Å². The molecule has 9 atom stereocenters. The summed E-state index contributed by atoms with van der Waals surface area (Å²) in [6.45, 7) is 7.51. The largest absolute Gasteiger partial charge is 0.342 e. The van der Waals surface area contributed by atoms with Gasteiger partial charge in [0.15, 0.2) is 6.23 Å². The standard InChI is InChI=1S/C22H39N5O3/c1-12-5-6-16(24-22(29)25-20-8-14(3)26-30-20)10-17(12)18-9-15-11-23-13(2)7-19(15)27(4)21(18)28/h12-20,23,26H,5-11H2,1-4H3,(H2,24,25,29). The normalized spacial score (nSPS) is 44.5. The number of likely N-dealkylation sites (tertiary alicyclic amines) is 1. The molecule has 8 heteroatoms. The molecule has 9 unspecified atom stereocenters. The number of carbonyl (C=O) groups is 2. The number of fused-ring (bicyclic) bond motifs is 1. The van der Waals surface area contributed by atoms with Gasteiger partial charge in [0.05, 0.1) is 0 Å². The molecule has 3 amide bonds. The van der Waals surface area contributed by atoms with Crippen LogP contribution in [0.15, 0.2) is 0 Å². The second kappa shape index (κ2) is 9.01. The highest BCUT2D eigenvalue weighted by molar-refractivity contribution is 5.80. The zero-order valence-corrected chi connectivity index (χ0v) is 18.8. The van der Waals surface area contributed by atoms with Crippen molar-refractivity contribution in [1.29, 1.82) is 0 Å². The quantitative estimate of drug-likeness (QED) is 0.555. The lowest BCUT2D eigenvalue weighted by Crippen LogP contribution is -2.60. The lowest BCUT2D eigenvalue weighted by atomic mass is 9.65. The molecule has 0 aromatic carbocycles. The molecule has 3 aliphatic heterocycles. The fourth-order valence-corrected chi connectivity index (χ4v) is 6.18. The van der Waals surface area contributed by atoms with Gasteiger partial charge in [-0.3, -0.25) is 9.63 Å². The molecule has 0 aromatic heterocycles. The minimum atomic E-state index is -0.287. The molecule has 4 aliphatic rings. The highest BCUT2D eigenvalue weighted by atomic mass is 16.7. The van der Waals surface area contributed by atoms with E-state index in [0.29, 0.717) is 35.7 Å². The fraction of sp³-hybridized carbons (Fsp3) is 0.909. The van der Waals surface area contributed by atoms with Crippen molar-refractivity contribution in [2.24, 2.45) is 23.7 Å². The maximum Gasteiger partial charge on any atom is 0.317 e. The number of amides is 3. The lowest BCUT2D eigenvalue weighted by molar-refractivity contribution is -0.148. The van der Waals surface area contributed by atoms with Crippen LogP contribution in [0, 0.1) is 23.7 Å². The van der Waals surface area contributed by atoms with Crippen molar-refractivity contribution in [3.05, 3.63) is 0 Å². The van der Waals surface area contributed by atoms with Crippen molar-refractivity contribution in [1.82, 2.24) is 26.3 Å². The van der Waals surface area contributed by atoms with Crippen LogP contribution in [0.25, 0.3) is 0 Å². The van der Waals surface area contributed by atoms with Crippen molar-refractivity contribution < 1.29 is 14.4 Å². The summed E-state index contributed by atoms with van der Waals surface area (Å²) in [6, 6.07) is 1.02. The maximum absolute atomic E-state index is 13.3. The third-order valence-electron chi connectivity index (χ3n) is 7.97. The minimum Gasteiger partial charge on any atom is -0.342 e. The number of piperidine rings is 2. The smallest absolute Gasteiger partial charge is 0.317 e. The summed E-state index contributed by atoms with van der Waals surface area (Å²) in [4.78, 5) is 33.2. The molecule has 3 saturated heterocycles. The molecular formula is C22H39N5O3. The van der Waals surface area contributed by atoms with Crippen LogP contribution in [0.3, 0.4) is 0 Å². The summed E-state index contributed by atoms with van der Waals surface area (Å²) in [5, 5.41) is 9.65. The first-order valence-corrected chi connectivity index (χ1v) is 11.8. The number of hydroxylamine groups is 1. The Morgan fingerprint density at radius 1 is 1.07 bits per heavy atom. The van der Waals surface area contributed by atoms with E-state index in [1.54, 1.807) is 0 Å². The van der Waals surface area contributed by atoms with Gasteiger partial charge < -0.3 is 20.9 Å². The monoisotopic (exact) mass is 421 g/mol. The second-order valence-corrected chi connectivity index (χ2v) is 10.3. The molecule has 0 spiro atoms. The Bertz CT molecular complexity index is 646. The Morgan fingerprint density at radius 3 is 2.60 bits per heavy atom. The van der Waals surface area contributed by atoms with E-state index in [0.717, 1.165) is 45.1 Å². The highest BCUT2D eigenvalue weighted by Crippen LogP contribution is 2.43. The van der Waals surface area contributed by atoms with Crippen LogP contribution in [0.1, 0.15) is 59.3 Å². The Kier molecular flexibility index (Phi) is 6.55. The van der Waals surface area contributed by atoms with E-state index in [-0.39, 0.29) is 30.3 Å². The second-order valence-electron chi connectivity index (χ2n) is 10.3. The van der Waals surface area contributed by atoms with Gasteiger partial charge in [-0.25, -0.2) is 4.79 Å². The summed E-state index contributed by atoms with van der Waals surface area (Å²) in [5.41, 5.74) is 2.88. The Hall–Kier alpha value is -1.38. The van der Waals surface area contributed by atoms with Crippen molar-refractivity contribution in [2.45, 2.75) is 89.7 Å². The average Bonchev–Trinajstić information content (AvgIpc) is 3.11. The lowest BCUT2D eigenvalue weighted by Gasteiger charge is -2.50. The Labute approximate surface area is 180 Å². The van der Waals surface area contributed by atoms with Gasteiger partial charge in [-0.2, -0.15) is 5.48 Å². The van der Waals surface area contributed by atoms with Crippen LogP contribution in [0.5, 0.6) is 0 Å². The maximum atomic E-state index is 13.3. The fourth-order valence-electron chi connectivity index (χ4n) is 6.18. The van der Waals surface area contributed by atoms with E-state index in [1.165, 1.54) is 0 Å². The molecule has 3 heterocycles. The number of nitrogens with one attached hydrogen (secondary N) is 4. The Morgan fingerprint density at radius 2 is 1.87 bits per heavy atom. The van der Waals surface area contributed by atoms with Gasteiger partial charge in [0, 0.05) is 50.1 Å². The molecule has 4 rings (SSSR count). The van der Waals surface area contributed by atoms with E-state index in [1.807, 2.05) is 18.9 Å². The molecule has 1 aliphatic carbocycles. The van der Waals surface area contributed by atoms with Crippen LogP contribution in [0.4, 0.5) is 4.79 Å². The molecule has 1 saturated carbocycles. The zero-order valence-electron chi connectivity index (χ0n) is 18.8. The van der Waals surface area contributed by atoms with E-state index in [9.17, 15) is 9.59 Å². The van der Waals surface area contributed by atoms with Crippen molar-refractivity contribution >= 4 is 11.9 Å². The number of rotatable bonds is 3. The molecule has 4 fully saturated rings. The molecule has 30 heavy (non-hydrogen) atoms. The Balaban J connectivity index is 1.36. The van der Waals surface area contributed by atoms with Gasteiger partial charge in [0.1, 0.15) is 0 Å². The van der Waals surface area contributed by atoms with E-state index >= 15 is 0 Å². The first-order chi connectivity index (χ1) is 14.3. The number of hydrogen-bond donors (Lipinski definition) is 4. The number of hydrogen-bond acceptors (Lipinski definition) is 5. The molecular weight excluding hydrogens is 382 g/mol. The van der Waals surface area contributed by atoms with Crippen molar-refractivity contribution in [3.8, 4) is 0 Å². The van der Waals surface area contributed by atoms with Crippen LogP contribution < -0.4 is 21.4 Å². The van der Waals surface area contributed by atoms with E-state index in [2.05, 4.69) is 35.3 Å². The van der Waals surface area contributed by atoms with Crippen LogP contribution in [0.2, 0.25) is 0 Å². The molecule has 170 valence electrons. The predicted molar refractivity (Wildman–Crippen MR) is 114 cm³/mol. The number of carbonyl (C=O) groups excluding carboxylic acids is 2. The summed E-state index contributed by atoms with van der Waals surface area (Å²) in [5.74, 6) is 1.74. The van der Waals surface area contributed by atoms with Gasteiger partial charge in [-0.15, -0.1) is 0 Å². The van der Waals surface area contributed by atoms with E-state index < -0.39 is 0 Å². The van der Waals surface area contributed by atoms with Gasteiger partial charge in [0.25, 0.3) is 0 Å². The first-order valence-electron chi connectivity index (χ1n) is 11.8. The summed E-state index contributed by atoms with van der Waals surface area (Å²) in [6.07, 6.45) is 5.38. The highest BCUT2D eigenvalue weighted by Gasteiger charge is 2.47. The van der Waals surface area contributed by atoms with Gasteiger partial charge in [-0.05, 0) is 63.7 Å². The third kappa shape index (κ3) is 4.60. The van der Waals surface area contributed by atoms with Crippen LogP contribution in [-0.4, -0.2) is 60.8 Å². The molecule has 0 radical (unpaired) electrons. The zero-order chi connectivity index (χ0) is 21.4. The summed E-state index contributed by atoms with van der Waals surface area (Å²) in [7, 11) is 2.00. The third-order valence-corrected chi connectivity index (χ3v) is 7.97. The topological polar surface area (TPSA) is 94.7 Å². The average molecular weight is 422 g/mol. The summed E-state index contributed by atoms with van der Waals surface area (Å²) >= 11 is 0. The molecule has 0 aromatic rings. The van der Waals surface area contributed by atoms with Crippen LogP contribution in [-0.2, 0) is 9.63 Å².